The lowest BCUT2D eigenvalue weighted by molar-refractivity contribution is -0.401. The summed E-state index contributed by atoms with van der Waals surface area (Å²) in [6.07, 6.45) is 28.2. The van der Waals surface area contributed by atoms with Crippen molar-refractivity contribution in [2.24, 2.45) is 0 Å². The van der Waals surface area contributed by atoms with Gasteiger partial charge in [-0.15, -0.1) is 0 Å². The van der Waals surface area contributed by atoms with Gasteiger partial charge in [0, 0.05) is 83.1 Å². The molecule has 0 aliphatic carbocycles. The van der Waals surface area contributed by atoms with Crippen LogP contribution in [0.4, 0.5) is 22.7 Å². The predicted molar refractivity (Wildman–Crippen MR) is 277 cm³/mol. The van der Waals surface area contributed by atoms with Crippen LogP contribution in [0, 0.1) is 0 Å². The van der Waals surface area contributed by atoms with Crippen molar-refractivity contribution in [3.05, 3.63) is 215 Å². The second kappa shape index (κ2) is 17.4. The van der Waals surface area contributed by atoms with Crippen molar-refractivity contribution in [2.45, 2.75) is 90.9 Å². The number of allylic oxidation sites excluding steroid dienone is 16. The molecular weight excluding hydrogens is 777 g/mol. The number of nitrogens with zero attached hydrogens (tertiary/aromatic N) is 4. The monoisotopic (exact) mass is 847 g/mol. The predicted octanol–water partition coefficient (Wildman–Crippen LogP) is 14.1. The van der Waals surface area contributed by atoms with E-state index in [9.17, 15) is 0 Å². The molecule has 0 unspecified atom stereocenters. The maximum Gasteiger partial charge on any atom is 0.209 e. The summed E-state index contributed by atoms with van der Waals surface area (Å²) in [6.45, 7) is 18.6. The second-order valence-corrected chi connectivity index (χ2v) is 19.8. The average molecular weight is 847 g/mol. The van der Waals surface area contributed by atoms with Gasteiger partial charge in [0.2, 0.25) is 11.4 Å². The third-order valence-corrected chi connectivity index (χ3v) is 14.4. The molecule has 4 aromatic carbocycles. The van der Waals surface area contributed by atoms with Gasteiger partial charge in [-0.2, -0.15) is 9.15 Å². The molecule has 4 heterocycles. The molecule has 4 aliphatic heterocycles. The standard InChI is InChI=1S/C59H66N4.CH4/c1-56(2)44-29-13-17-33-48(44)60(9)52(56)37-21-25-42(26-22-38-53-57(3,4)45-30-14-18-34-49(45)61(53)10)41-43(27-23-39-54-58(5,6)46-31-15-19-35-50(46)62(54)11)28-24-40-55-59(7,8)47-32-16-20-36-51(47)63(55)12;/h13-40H,41H2,1-12H3;1H4/q+2;. The molecule has 4 aliphatic rings. The Kier molecular flexibility index (Phi) is 12.4. The van der Waals surface area contributed by atoms with Gasteiger partial charge in [0.05, 0.1) is 10.8 Å². The van der Waals surface area contributed by atoms with E-state index in [1.54, 1.807) is 0 Å². The topological polar surface area (TPSA) is 12.5 Å². The van der Waals surface area contributed by atoms with Crippen molar-refractivity contribution in [1.82, 2.24) is 0 Å². The minimum absolute atomic E-state index is 0. The fourth-order valence-corrected chi connectivity index (χ4v) is 10.8. The highest BCUT2D eigenvalue weighted by Crippen LogP contribution is 2.48. The van der Waals surface area contributed by atoms with E-state index in [0.29, 0.717) is 0 Å². The van der Waals surface area contributed by atoms with E-state index in [-0.39, 0.29) is 29.1 Å². The first-order valence-corrected chi connectivity index (χ1v) is 22.6. The molecule has 0 spiro atoms. The van der Waals surface area contributed by atoms with Crippen LogP contribution in [0.2, 0.25) is 0 Å². The van der Waals surface area contributed by atoms with Crippen molar-refractivity contribution in [1.29, 1.82) is 0 Å². The second-order valence-electron chi connectivity index (χ2n) is 19.8. The highest BCUT2D eigenvalue weighted by molar-refractivity contribution is 6.03. The number of rotatable bonds is 10. The number of likely N-dealkylation sites (N-methyl/N-ethyl adjacent to an activating group) is 2. The van der Waals surface area contributed by atoms with Crippen LogP contribution in [0.15, 0.2) is 193 Å². The Morgan fingerprint density at radius 2 is 0.812 bits per heavy atom. The summed E-state index contributed by atoms with van der Waals surface area (Å²) in [7, 11) is 8.76. The van der Waals surface area contributed by atoms with E-state index in [1.165, 1.54) is 79.0 Å². The Labute approximate surface area is 385 Å². The Hall–Kier alpha value is -6.26. The lowest BCUT2D eigenvalue weighted by Crippen LogP contribution is -2.26. The number of para-hydroxylation sites is 4. The van der Waals surface area contributed by atoms with Crippen LogP contribution >= 0.6 is 0 Å². The number of hydrogen-bond acceptors (Lipinski definition) is 2. The molecule has 0 saturated heterocycles. The van der Waals surface area contributed by atoms with Crippen molar-refractivity contribution in [3.8, 4) is 0 Å². The van der Waals surface area contributed by atoms with Gasteiger partial charge in [0.1, 0.15) is 14.1 Å². The first-order chi connectivity index (χ1) is 30.0. The molecule has 0 aromatic heterocycles. The van der Waals surface area contributed by atoms with Gasteiger partial charge in [0.15, 0.2) is 11.4 Å². The van der Waals surface area contributed by atoms with Gasteiger partial charge < -0.3 is 9.80 Å². The summed E-state index contributed by atoms with van der Waals surface area (Å²) < 4.78 is 4.69. The number of anilines is 2. The molecule has 0 fully saturated rings. The largest absolute Gasteiger partial charge is 0.347 e. The molecule has 8 rings (SSSR count). The molecule has 0 bridgehead atoms. The molecule has 64 heavy (non-hydrogen) atoms. The van der Waals surface area contributed by atoms with Crippen LogP contribution in [0.25, 0.3) is 0 Å². The zero-order valence-corrected chi connectivity index (χ0v) is 39.7. The number of fused-ring (bicyclic) bond motifs is 4. The number of hydrogen-bond donors (Lipinski definition) is 0. The maximum absolute atomic E-state index is 2.35. The maximum atomic E-state index is 2.35. The molecule has 0 amide bonds. The van der Waals surface area contributed by atoms with Crippen LogP contribution in [0.3, 0.4) is 0 Å². The van der Waals surface area contributed by atoms with Crippen molar-refractivity contribution in [2.75, 3.05) is 38.0 Å². The van der Waals surface area contributed by atoms with Crippen LogP contribution in [0.5, 0.6) is 0 Å². The third-order valence-electron chi connectivity index (χ3n) is 14.4. The normalized spacial score (nSPS) is 20.8. The van der Waals surface area contributed by atoms with Crippen molar-refractivity contribution < 1.29 is 9.15 Å². The van der Waals surface area contributed by atoms with Gasteiger partial charge in [-0.05, 0) is 80.7 Å². The molecule has 4 aromatic rings. The minimum Gasteiger partial charge on any atom is -0.347 e. The molecular formula is C60H70N4+2. The molecule has 4 nitrogen and oxygen atoms in total. The van der Waals surface area contributed by atoms with E-state index >= 15 is 0 Å². The van der Waals surface area contributed by atoms with Gasteiger partial charge in [-0.1, -0.05) is 157 Å². The zero-order valence-electron chi connectivity index (χ0n) is 39.7. The first kappa shape index (κ1) is 45.8. The number of benzene rings is 4. The highest BCUT2D eigenvalue weighted by Gasteiger charge is 2.44. The molecule has 328 valence electrons. The molecule has 0 saturated carbocycles. The Morgan fingerprint density at radius 3 is 1.17 bits per heavy atom. The van der Waals surface area contributed by atoms with Crippen LogP contribution in [-0.2, 0) is 21.7 Å². The van der Waals surface area contributed by atoms with Gasteiger partial charge in [0.25, 0.3) is 0 Å². The zero-order chi connectivity index (χ0) is 44.9. The fraction of sp³-hybridized carbons (Fsp3) is 0.300. The lowest BCUT2D eigenvalue weighted by Gasteiger charge is -2.23. The van der Waals surface area contributed by atoms with Gasteiger partial charge >= 0.3 is 0 Å². The third kappa shape index (κ3) is 7.86. The van der Waals surface area contributed by atoms with E-state index in [4.69, 9.17) is 0 Å². The van der Waals surface area contributed by atoms with Crippen LogP contribution in [0.1, 0.15) is 91.5 Å². The Balaban J connectivity index is 0.00000612. The van der Waals surface area contributed by atoms with Crippen molar-refractivity contribution >= 4 is 34.2 Å². The minimum atomic E-state index is -0.102. The van der Waals surface area contributed by atoms with Crippen molar-refractivity contribution in [3.63, 3.8) is 0 Å². The molecule has 0 atom stereocenters. The van der Waals surface area contributed by atoms with Crippen LogP contribution in [-0.4, -0.2) is 48.8 Å². The Morgan fingerprint density at radius 1 is 0.469 bits per heavy atom. The smallest absolute Gasteiger partial charge is 0.209 e. The van der Waals surface area contributed by atoms with E-state index in [1.807, 2.05) is 0 Å². The summed E-state index contributed by atoms with van der Waals surface area (Å²) in [4.78, 5) is 4.69. The summed E-state index contributed by atoms with van der Waals surface area (Å²) in [6, 6.07) is 35.1. The summed E-state index contributed by atoms with van der Waals surface area (Å²) in [5.41, 5.74) is 17.7. The molecule has 0 radical (unpaired) electrons. The molecule has 0 N–H and O–H groups in total. The first-order valence-electron chi connectivity index (χ1n) is 22.6. The fourth-order valence-electron chi connectivity index (χ4n) is 10.8. The van der Waals surface area contributed by atoms with E-state index in [2.05, 4.69) is 273 Å². The molecule has 4 heteroatoms. The van der Waals surface area contributed by atoms with E-state index in [0.717, 1.165) is 6.42 Å². The van der Waals surface area contributed by atoms with Crippen LogP contribution < -0.4 is 9.80 Å². The van der Waals surface area contributed by atoms with Gasteiger partial charge in [-0.25, -0.2) is 0 Å². The summed E-state index contributed by atoms with van der Waals surface area (Å²) in [5, 5.41) is 0. The van der Waals surface area contributed by atoms with E-state index < -0.39 is 0 Å². The van der Waals surface area contributed by atoms with Gasteiger partial charge in [-0.3, -0.25) is 0 Å². The lowest BCUT2D eigenvalue weighted by atomic mass is 9.81. The SMILES string of the molecule is C.CN1C(=CC=CC(=CC=CC2=[N+](C)c3ccccc3C2(C)C)CC(C=CC=C2N(C)c3ccccc3C2(C)C)=CC=CC2=[N+](C)c3ccccc3C2(C)C)C(C)(C)c2ccccc21. The highest BCUT2D eigenvalue weighted by atomic mass is 15.2. The quantitative estimate of drug-likeness (QED) is 0.116. The summed E-state index contributed by atoms with van der Waals surface area (Å²) in [5.74, 6) is 0. The average Bonchev–Trinajstić information content (AvgIpc) is 3.76. The summed E-state index contributed by atoms with van der Waals surface area (Å²) >= 11 is 0. The Bertz CT molecular complexity index is 2610.